The second-order valence-electron chi connectivity index (χ2n) is 8.82. The smallest absolute Gasteiger partial charge is 0.269 e. The lowest BCUT2D eigenvalue weighted by Gasteiger charge is -2.41. The molecule has 180 valence electrons. The van der Waals surface area contributed by atoms with E-state index in [0.717, 1.165) is 29.7 Å². The maximum atomic E-state index is 14.1. The molecule has 0 N–H and O–H groups in total. The molecule has 0 radical (unpaired) electrons. The minimum atomic E-state index is -2.66. The number of rotatable bonds is 10. The molecule has 2 aliphatic heterocycles. The van der Waals surface area contributed by atoms with Crippen molar-refractivity contribution in [1.29, 1.82) is 0 Å². The SMILES string of the molecule is CCCCO[C@@H]1C[C@@]2(c3ccc(Cl)c(Cc4ccc(OCC)cc4)c3)OC[C@@](C(F)F)(C1)O2. The molecule has 2 aliphatic rings. The molecular formula is C26H31ClF2O4. The predicted molar refractivity (Wildman–Crippen MR) is 123 cm³/mol. The van der Waals surface area contributed by atoms with Crippen LogP contribution < -0.4 is 4.74 Å². The lowest BCUT2D eigenvalue weighted by molar-refractivity contribution is -0.270. The highest BCUT2D eigenvalue weighted by Crippen LogP contribution is 2.52. The Labute approximate surface area is 199 Å². The number of ether oxygens (including phenoxy) is 4. The van der Waals surface area contributed by atoms with Gasteiger partial charge in [0.2, 0.25) is 0 Å². The van der Waals surface area contributed by atoms with E-state index in [1.54, 1.807) is 12.1 Å². The summed E-state index contributed by atoms with van der Waals surface area (Å²) >= 11 is 6.51. The first-order chi connectivity index (χ1) is 15.9. The molecule has 2 aromatic carbocycles. The van der Waals surface area contributed by atoms with Crippen molar-refractivity contribution in [3.8, 4) is 5.75 Å². The Morgan fingerprint density at radius 1 is 1.12 bits per heavy atom. The molecule has 3 atom stereocenters. The number of benzene rings is 2. The summed E-state index contributed by atoms with van der Waals surface area (Å²) in [6.45, 7) is 5.01. The highest BCUT2D eigenvalue weighted by molar-refractivity contribution is 6.31. The molecule has 4 rings (SSSR count). The summed E-state index contributed by atoms with van der Waals surface area (Å²) in [5, 5.41) is 0.605. The van der Waals surface area contributed by atoms with Crippen LogP contribution in [0.4, 0.5) is 8.78 Å². The quantitative estimate of drug-likeness (QED) is 0.363. The highest BCUT2D eigenvalue weighted by atomic mass is 35.5. The fourth-order valence-corrected chi connectivity index (χ4v) is 4.78. The van der Waals surface area contributed by atoms with Gasteiger partial charge in [-0.05, 0) is 55.2 Å². The van der Waals surface area contributed by atoms with Crippen molar-refractivity contribution in [2.45, 2.75) is 69.9 Å². The molecule has 2 saturated heterocycles. The van der Waals surface area contributed by atoms with Gasteiger partial charge in [0.05, 0.1) is 19.3 Å². The van der Waals surface area contributed by atoms with Gasteiger partial charge < -0.3 is 18.9 Å². The Hall–Kier alpha value is -1.73. The fraction of sp³-hybridized carbons (Fsp3) is 0.538. The first-order valence-corrected chi connectivity index (χ1v) is 12.0. The van der Waals surface area contributed by atoms with Gasteiger partial charge in [0.25, 0.3) is 6.43 Å². The first kappa shape index (κ1) is 24.4. The van der Waals surface area contributed by atoms with E-state index >= 15 is 0 Å². The second-order valence-corrected chi connectivity index (χ2v) is 9.23. The van der Waals surface area contributed by atoms with Crippen molar-refractivity contribution in [3.05, 3.63) is 64.2 Å². The molecule has 0 unspecified atom stereocenters. The summed E-state index contributed by atoms with van der Waals surface area (Å²) in [4.78, 5) is 0. The van der Waals surface area contributed by atoms with E-state index in [4.69, 9.17) is 30.5 Å². The number of hydrogen-bond acceptors (Lipinski definition) is 4. The third kappa shape index (κ3) is 5.19. The van der Waals surface area contributed by atoms with Crippen LogP contribution in [0.25, 0.3) is 0 Å². The minimum Gasteiger partial charge on any atom is -0.494 e. The van der Waals surface area contributed by atoms with Gasteiger partial charge >= 0.3 is 0 Å². The van der Waals surface area contributed by atoms with Crippen LogP contribution in [0, 0.1) is 0 Å². The summed E-state index contributed by atoms with van der Waals surface area (Å²) < 4.78 is 51.7. The van der Waals surface area contributed by atoms with E-state index in [1.165, 1.54) is 0 Å². The number of halogens is 3. The predicted octanol–water partition coefficient (Wildman–Crippen LogP) is 6.51. The Balaban J connectivity index is 1.59. The molecule has 0 amide bonds. The van der Waals surface area contributed by atoms with Crippen LogP contribution >= 0.6 is 11.6 Å². The van der Waals surface area contributed by atoms with Gasteiger partial charge in [-0.3, -0.25) is 0 Å². The Morgan fingerprint density at radius 3 is 2.61 bits per heavy atom. The van der Waals surface area contributed by atoms with Gasteiger partial charge in [0.1, 0.15) is 5.75 Å². The molecule has 0 saturated carbocycles. The van der Waals surface area contributed by atoms with Gasteiger partial charge in [-0.25, -0.2) is 8.78 Å². The third-order valence-electron chi connectivity index (χ3n) is 6.35. The van der Waals surface area contributed by atoms with Crippen LogP contribution in [0.2, 0.25) is 5.02 Å². The van der Waals surface area contributed by atoms with Crippen LogP contribution in [-0.4, -0.2) is 38.0 Å². The Kier molecular flexibility index (Phi) is 7.59. The zero-order valence-corrected chi connectivity index (χ0v) is 19.9. The first-order valence-electron chi connectivity index (χ1n) is 11.6. The van der Waals surface area contributed by atoms with Crippen molar-refractivity contribution < 1.29 is 27.7 Å². The molecule has 33 heavy (non-hydrogen) atoms. The van der Waals surface area contributed by atoms with E-state index in [-0.39, 0.29) is 19.1 Å². The van der Waals surface area contributed by atoms with Crippen molar-refractivity contribution in [1.82, 2.24) is 0 Å². The van der Waals surface area contributed by atoms with Crippen LogP contribution in [-0.2, 0) is 26.4 Å². The van der Waals surface area contributed by atoms with E-state index in [2.05, 4.69) is 6.92 Å². The van der Waals surface area contributed by atoms with Crippen molar-refractivity contribution in [2.75, 3.05) is 19.8 Å². The largest absolute Gasteiger partial charge is 0.494 e. The van der Waals surface area contributed by atoms with Gasteiger partial charge in [-0.2, -0.15) is 0 Å². The van der Waals surface area contributed by atoms with Gasteiger partial charge in [0.15, 0.2) is 11.4 Å². The molecule has 0 aromatic heterocycles. The van der Waals surface area contributed by atoms with E-state index in [0.29, 0.717) is 36.6 Å². The zero-order chi connectivity index (χ0) is 23.5. The molecule has 4 nitrogen and oxygen atoms in total. The van der Waals surface area contributed by atoms with E-state index in [1.807, 2.05) is 37.3 Å². The molecule has 2 fully saturated rings. The maximum absolute atomic E-state index is 14.1. The summed E-state index contributed by atoms with van der Waals surface area (Å²) in [5.41, 5.74) is 0.988. The maximum Gasteiger partial charge on any atom is 0.269 e. The highest BCUT2D eigenvalue weighted by Gasteiger charge is 2.62. The van der Waals surface area contributed by atoms with Crippen molar-refractivity contribution in [2.24, 2.45) is 0 Å². The Bertz CT molecular complexity index is 938. The average Bonchev–Trinajstić information content (AvgIpc) is 3.10. The van der Waals surface area contributed by atoms with Crippen molar-refractivity contribution >= 4 is 11.6 Å². The molecule has 2 heterocycles. The summed E-state index contributed by atoms with van der Waals surface area (Å²) in [7, 11) is 0. The summed E-state index contributed by atoms with van der Waals surface area (Å²) in [6.07, 6.45) is -0.0553. The van der Waals surface area contributed by atoms with Gasteiger partial charge in [-0.15, -0.1) is 0 Å². The molecule has 2 aromatic rings. The number of unbranched alkanes of at least 4 members (excludes halogenated alkanes) is 1. The van der Waals surface area contributed by atoms with Crippen LogP contribution in [0.3, 0.4) is 0 Å². The van der Waals surface area contributed by atoms with Crippen molar-refractivity contribution in [3.63, 3.8) is 0 Å². The molecule has 0 spiro atoms. The summed E-state index contributed by atoms with van der Waals surface area (Å²) in [6, 6.07) is 13.3. The van der Waals surface area contributed by atoms with E-state index in [9.17, 15) is 8.78 Å². The molecule has 2 bridgehead atoms. The number of hydrogen-bond donors (Lipinski definition) is 0. The molecular weight excluding hydrogens is 450 g/mol. The number of fused-ring (bicyclic) bond motifs is 2. The van der Waals surface area contributed by atoms with Gasteiger partial charge in [-0.1, -0.05) is 43.1 Å². The Morgan fingerprint density at radius 2 is 1.91 bits per heavy atom. The average molecular weight is 481 g/mol. The third-order valence-corrected chi connectivity index (χ3v) is 6.72. The minimum absolute atomic E-state index is 0.128. The second kappa shape index (κ2) is 10.3. The van der Waals surface area contributed by atoms with E-state index < -0.39 is 17.8 Å². The lowest BCUT2D eigenvalue weighted by Crippen LogP contribution is -2.50. The fourth-order valence-electron chi connectivity index (χ4n) is 4.59. The topological polar surface area (TPSA) is 36.9 Å². The van der Waals surface area contributed by atoms with Crippen LogP contribution in [0.5, 0.6) is 5.75 Å². The van der Waals surface area contributed by atoms with Crippen LogP contribution in [0.1, 0.15) is 56.2 Å². The monoisotopic (exact) mass is 480 g/mol. The standard InChI is InChI=1S/C26H31ClF2O4/c1-3-5-12-31-22-15-25(24(28)29)17-32-26(16-22,33-25)20-8-11-23(27)19(14-20)13-18-6-9-21(10-7-18)30-4-2/h6-11,14,22,24H,3-5,12-13,15-17H2,1-2H3/t22-,25+,26+/m0/s1. The number of alkyl halides is 2. The zero-order valence-electron chi connectivity index (χ0n) is 19.1. The lowest BCUT2D eigenvalue weighted by atomic mass is 9.87. The molecule has 7 heteroatoms. The summed E-state index contributed by atoms with van der Waals surface area (Å²) in [5.74, 6) is -0.448. The normalized spacial score (nSPS) is 26.7. The van der Waals surface area contributed by atoms with Crippen LogP contribution in [0.15, 0.2) is 42.5 Å². The van der Waals surface area contributed by atoms with Gasteiger partial charge in [0, 0.05) is 30.0 Å². The molecule has 0 aliphatic carbocycles.